The molecule has 0 aliphatic heterocycles. The second-order valence-electron chi connectivity index (χ2n) is 6.10. The summed E-state index contributed by atoms with van der Waals surface area (Å²) in [5.41, 5.74) is 4.99. The Morgan fingerprint density at radius 2 is 1.64 bits per heavy atom. The van der Waals surface area contributed by atoms with Crippen LogP contribution in [0, 0.1) is 6.92 Å². The van der Waals surface area contributed by atoms with Crippen LogP contribution in [0.2, 0.25) is 0 Å². The van der Waals surface area contributed by atoms with Gasteiger partial charge in [-0.2, -0.15) is 0 Å². The van der Waals surface area contributed by atoms with E-state index in [9.17, 15) is 0 Å². The summed E-state index contributed by atoms with van der Waals surface area (Å²) in [6.07, 6.45) is 7.33. The molecule has 22 heavy (non-hydrogen) atoms. The Morgan fingerprint density at radius 1 is 0.864 bits per heavy atom. The predicted molar refractivity (Wildman–Crippen MR) is 93.1 cm³/mol. The van der Waals surface area contributed by atoms with Crippen molar-refractivity contribution in [3.63, 3.8) is 0 Å². The molecular weight excluding hydrogens is 268 g/mol. The molecule has 3 rings (SSSR count). The average molecular weight is 292 g/mol. The van der Waals surface area contributed by atoms with E-state index < -0.39 is 0 Å². The number of H-pyrrole nitrogens is 1. The van der Waals surface area contributed by atoms with Gasteiger partial charge in [-0.3, -0.25) is 0 Å². The summed E-state index contributed by atoms with van der Waals surface area (Å²) in [4.78, 5) is 8.11. The highest BCUT2D eigenvalue weighted by Crippen LogP contribution is 2.15. The van der Waals surface area contributed by atoms with Gasteiger partial charge < -0.3 is 4.98 Å². The molecular formula is C20H24N2. The number of nitrogens with zero attached hydrogens (tertiary/aromatic N) is 1. The van der Waals surface area contributed by atoms with Gasteiger partial charge in [-0.25, -0.2) is 4.98 Å². The van der Waals surface area contributed by atoms with Crippen molar-refractivity contribution in [2.24, 2.45) is 0 Å². The van der Waals surface area contributed by atoms with E-state index in [0.29, 0.717) is 0 Å². The highest BCUT2D eigenvalue weighted by molar-refractivity contribution is 5.75. The number of hydrogen-bond donors (Lipinski definition) is 1. The van der Waals surface area contributed by atoms with Crippen LogP contribution in [0.3, 0.4) is 0 Å². The van der Waals surface area contributed by atoms with Crippen molar-refractivity contribution in [1.82, 2.24) is 9.97 Å². The lowest BCUT2D eigenvalue weighted by Crippen LogP contribution is -1.90. The molecule has 3 aromatic rings. The maximum Gasteiger partial charge on any atom is 0.107 e. The molecule has 1 N–H and O–H groups in total. The van der Waals surface area contributed by atoms with Crippen LogP contribution in [-0.4, -0.2) is 9.97 Å². The Morgan fingerprint density at radius 3 is 2.45 bits per heavy atom. The fraction of sp³-hybridized carbons (Fsp3) is 0.350. The maximum absolute atomic E-state index is 4.66. The lowest BCUT2D eigenvalue weighted by atomic mass is 10.1. The minimum atomic E-state index is 1.05. The van der Waals surface area contributed by atoms with Crippen LogP contribution < -0.4 is 0 Å². The van der Waals surface area contributed by atoms with Crippen molar-refractivity contribution in [2.45, 2.75) is 45.4 Å². The third kappa shape index (κ3) is 3.97. The topological polar surface area (TPSA) is 28.7 Å². The van der Waals surface area contributed by atoms with Gasteiger partial charge in [-0.1, -0.05) is 49.2 Å². The van der Waals surface area contributed by atoms with Crippen LogP contribution >= 0.6 is 0 Å². The first-order chi connectivity index (χ1) is 10.8. The SMILES string of the molecule is Cc1ccc2nc(CCCCCCc3ccccc3)[nH]c2c1. The molecule has 0 radical (unpaired) electrons. The molecule has 0 aliphatic rings. The van der Waals surface area contributed by atoms with Crippen LogP contribution in [-0.2, 0) is 12.8 Å². The van der Waals surface area contributed by atoms with Crippen molar-refractivity contribution in [2.75, 3.05) is 0 Å². The number of rotatable bonds is 7. The second kappa shape index (κ2) is 7.26. The van der Waals surface area contributed by atoms with E-state index in [-0.39, 0.29) is 0 Å². The van der Waals surface area contributed by atoms with Crippen molar-refractivity contribution in [1.29, 1.82) is 0 Å². The highest BCUT2D eigenvalue weighted by Gasteiger charge is 2.02. The largest absolute Gasteiger partial charge is 0.342 e. The van der Waals surface area contributed by atoms with Crippen molar-refractivity contribution >= 4 is 11.0 Å². The lowest BCUT2D eigenvalue weighted by Gasteiger charge is -2.01. The molecule has 0 bridgehead atoms. The molecule has 1 aromatic heterocycles. The molecule has 0 fully saturated rings. The van der Waals surface area contributed by atoms with E-state index >= 15 is 0 Å². The van der Waals surface area contributed by atoms with Crippen LogP contribution in [0.1, 0.15) is 42.6 Å². The summed E-state index contributed by atoms with van der Waals surface area (Å²) in [6.45, 7) is 2.12. The van der Waals surface area contributed by atoms with Gasteiger partial charge in [0.25, 0.3) is 0 Å². The Hall–Kier alpha value is -2.09. The fourth-order valence-electron chi connectivity index (χ4n) is 2.91. The van der Waals surface area contributed by atoms with Gasteiger partial charge in [0, 0.05) is 6.42 Å². The molecule has 2 heteroatoms. The molecule has 0 saturated heterocycles. The number of benzene rings is 2. The Kier molecular flexibility index (Phi) is 4.89. The summed E-state index contributed by atoms with van der Waals surface area (Å²) in [6, 6.07) is 17.2. The number of nitrogens with one attached hydrogen (secondary N) is 1. The monoisotopic (exact) mass is 292 g/mol. The van der Waals surface area contributed by atoms with E-state index in [1.165, 1.54) is 48.7 Å². The number of unbranched alkanes of at least 4 members (excludes halogenated alkanes) is 3. The van der Waals surface area contributed by atoms with E-state index in [1.807, 2.05) is 0 Å². The van der Waals surface area contributed by atoms with Gasteiger partial charge in [0.2, 0.25) is 0 Å². The quantitative estimate of drug-likeness (QED) is 0.594. The minimum Gasteiger partial charge on any atom is -0.342 e. The first kappa shape index (κ1) is 14.8. The molecule has 2 aromatic carbocycles. The van der Waals surface area contributed by atoms with Crippen LogP contribution in [0.4, 0.5) is 0 Å². The number of aromatic amines is 1. The third-order valence-corrected chi connectivity index (χ3v) is 4.16. The smallest absolute Gasteiger partial charge is 0.107 e. The zero-order valence-corrected chi connectivity index (χ0v) is 13.3. The number of hydrogen-bond acceptors (Lipinski definition) is 1. The van der Waals surface area contributed by atoms with Crippen molar-refractivity contribution in [3.05, 3.63) is 65.5 Å². The second-order valence-corrected chi connectivity index (χ2v) is 6.10. The summed E-state index contributed by atoms with van der Waals surface area (Å²) in [5.74, 6) is 1.13. The number of aromatic nitrogens is 2. The zero-order chi connectivity index (χ0) is 15.2. The van der Waals surface area contributed by atoms with E-state index in [1.54, 1.807) is 0 Å². The first-order valence-electron chi connectivity index (χ1n) is 8.30. The molecule has 0 atom stereocenters. The molecule has 1 heterocycles. The molecule has 0 amide bonds. The Labute approximate surface area is 132 Å². The van der Waals surface area contributed by atoms with Crippen LogP contribution in [0.25, 0.3) is 11.0 Å². The molecule has 114 valence electrons. The maximum atomic E-state index is 4.66. The van der Waals surface area contributed by atoms with Gasteiger partial charge >= 0.3 is 0 Å². The summed E-state index contributed by atoms with van der Waals surface area (Å²) < 4.78 is 0. The van der Waals surface area contributed by atoms with Crippen molar-refractivity contribution < 1.29 is 0 Å². The summed E-state index contributed by atoms with van der Waals surface area (Å²) >= 11 is 0. The van der Waals surface area contributed by atoms with Gasteiger partial charge in [0.1, 0.15) is 5.82 Å². The van der Waals surface area contributed by atoms with Gasteiger partial charge in [-0.05, 0) is 49.4 Å². The molecule has 0 saturated carbocycles. The van der Waals surface area contributed by atoms with Crippen LogP contribution in [0.15, 0.2) is 48.5 Å². The minimum absolute atomic E-state index is 1.05. The number of aryl methyl sites for hydroxylation is 3. The van der Waals surface area contributed by atoms with Gasteiger partial charge in [0.15, 0.2) is 0 Å². The Bertz CT molecular complexity index is 713. The predicted octanol–water partition coefficient (Wildman–Crippen LogP) is 5.22. The summed E-state index contributed by atoms with van der Waals surface area (Å²) in [7, 11) is 0. The van der Waals surface area contributed by atoms with E-state index in [2.05, 4.69) is 65.4 Å². The van der Waals surface area contributed by atoms with E-state index in [0.717, 1.165) is 17.8 Å². The molecule has 0 aliphatic carbocycles. The zero-order valence-electron chi connectivity index (χ0n) is 13.3. The standard InChI is InChI=1S/C20H24N2/c1-16-13-14-18-19(15-16)22-20(21-18)12-8-3-2-5-9-17-10-6-4-7-11-17/h4,6-7,10-11,13-15H,2-3,5,8-9,12H2,1H3,(H,21,22). The third-order valence-electron chi connectivity index (χ3n) is 4.16. The average Bonchev–Trinajstić information content (AvgIpc) is 2.93. The number of fused-ring (bicyclic) bond motifs is 1. The van der Waals surface area contributed by atoms with Gasteiger partial charge in [0.05, 0.1) is 11.0 Å². The normalized spacial score (nSPS) is 11.1. The molecule has 2 nitrogen and oxygen atoms in total. The first-order valence-corrected chi connectivity index (χ1v) is 8.30. The highest BCUT2D eigenvalue weighted by atomic mass is 14.9. The van der Waals surface area contributed by atoms with E-state index in [4.69, 9.17) is 0 Å². The molecule has 0 spiro atoms. The number of imidazole rings is 1. The van der Waals surface area contributed by atoms with Crippen molar-refractivity contribution in [3.8, 4) is 0 Å². The van der Waals surface area contributed by atoms with Crippen LogP contribution in [0.5, 0.6) is 0 Å². The lowest BCUT2D eigenvalue weighted by molar-refractivity contribution is 0.632. The molecule has 0 unspecified atom stereocenters. The fourth-order valence-corrected chi connectivity index (χ4v) is 2.91. The Balaban J connectivity index is 1.39. The summed E-state index contributed by atoms with van der Waals surface area (Å²) in [5, 5.41) is 0. The van der Waals surface area contributed by atoms with Gasteiger partial charge in [-0.15, -0.1) is 0 Å².